The molecule has 1 atom stereocenters. The van der Waals surface area contributed by atoms with Gasteiger partial charge in [-0.2, -0.15) is 23.5 Å². The van der Waals surface area contributed by atoms with E-state index in [4.69, 9.17) is 0 Å². The standard InChI is InChI=1S/C12H24N2S2/c1-2-14-5-3-11(4-6-14)13-9-12-10-15-7-8-16-12/h11-13H,2-10H2,1H3. The topological polar surface area (TPSA) is 15.3 Å². The fourth-order valence-electron chi connectivity index (χ4n) is 2.41. The van der Waals surface area contributed by atoms with Crippen LogP contribution in [0, 0.1) is 0 Å². The lowest BCUT2D eigenvalue weighted by molar-refractivity contribution is 0.207. The van der Waals surface area contributed by atoms with Crippen LogP contribution in [0.4, 0.5) is 0 Å². The van der Waals surface area contributed by atoms with Crippen molar-refractivity contribution in [3.63, 3.8) is 0 Å². The van der Waals surface area contributed by atoms with E-state index in [0.29, 0.717) is 0 Å². The third-order valence-electron chi connectivity index (χ3n) is 3.55. The number of nitrogens with one attached hydrogen (secondary N) is 1. The van der Waals surface area contributed by atoms with Gasteiger partial charge in [0.25, 0.3) is 0 Å². The minimum absolute atomic E-state index is 0.787. The van der Waals surface area contributed by atoms with Crippen molar-refractivity contribution in [3.05, 3.63) is 0 Å². The first kappa shape index (κ1) is 13.1. The van der Waals surface area contributed by atoms with Crippen molar-refractivity contribution in [2.75, 3.05) is 43.4 Å². The fraction of sp³-hybridized carbons (Fsp3) is 1.00. The first-order chi connectivity index (χ1) is 7.88. The SMILES string of the molecule is CCN1CCC(NCC2CSCCS2)CC1. The summed E-state index contributed by atoms with van der Waals surface area (Å²) >= 11 is 4.29. The molecule has 0 amide bonds. The largest absolute Gasteiger partial charge is 0.313 e. The van der Waals surface area contributed by atoms with Gasteiger partial charge in [0, 0.05) is 35.1 Å². The summed E-state index contributed by atoms with van der Waals surface area (Å²) in [5, 5.41) is 4.64. The number of thioether (sulfide) groups is 2. The van der Waals surface area contributed by atoms with Crippen molar-refractivity contribution < 1.29 is 0 Å². The van der Waals surface area contributed by atoms with E-state index >= 15 is 0 Å². The highest BCUT2D eigenvalue weighted by Gasteiger charge is 2.20. The van der Waals surface area contributed by atoms with Crippen molar-refractivity contribution in [1.29, 1.82) is 0 Å². The maximum absolute atomic E-state index is 3.78. The Kier molecular flexibility index (Phi) is 5.83. The van der Waals surface area contributed by atoms with E-state index in [9.17, 15) is 0 Å². The molecule has 2 fully saturated rings. The maximum Gasteiger partial charge on any atom is 0.0263 e. The number of rotatable bonds is 4. The van der Waals surface area contributed by atoms with E-state index in [1.807, 2.05) is 0 Å². The Bertz CT molecular complexity index is 187. The van der Waals surface area contributed by atoms with Crippen molar-refractivity contribution in [2.24, 2.45) is 0 Å². The van der Waals surface area contributed by atoms with E-state index in [2.05, 4.69) is 40.7 Å². The van der Waals surface area contributed by atoms with Gasteiger partial charge in [-0.15, -0.1) is 0 Å². The van der Waals surface area contributed by atoms with Crippen molar-refractivity contribution in [2.45, 2.75) is 31.1 Å². The van der Waals surface area contributed by atoms with Crippen LogP contribution in [0.1, 0.15) is 19.8 Å². The molecule has 0 bridgehead atoms. The van der Waals surface area contributed by atoms with Crippen LogP contribution in [0.25, 0.3) is 0 Å². The third-order valence-corrected chi connectivity index (χ3v) is 6.40. The van der Waals surface area contributed by atoms with Crippen LogP contribution in [0.5, 0.6) is 0 Å². The Morgan fingerprint density at radius 1 is 1.25 bits per heavy atom. The van der Waals surface area contributed by atoms with Crippen LogP contribution in [0.15, 0.2) is 0 Å². The summed E-state index contributed by atoms with van der Waals surface area (Å²) in [6.07, 6.45) is 2.69. The highest BCUT2D eigenvalue weighted by Crippen LogP contribution is 2.23. The molecule has 2 rings (SSSR count). The van der Waals surface area contributed by atoms with Crippen LogP contribution < -0.4 is 5.32 Å². The van der Waals surface area contributed by atoms with Gasteiger partial charge >= 0.3 is 0 Å². The Labute approximate surface area is 108 Å². The summed E-state index contributed by atoms with van der Waals surface area (Å²) < 4.78 is 0. The van der Waals surface area contributed by atoms with E-state index in [-0.39, 0.29) is 0 Å². The summed E-state index contributed by atoms with van der Waals surface area (Å²) in [5.74, 6) is 4.06. The Morgan fingerprint density at radius 3 is 2.69 bits per heavy atom. The molecule has 2 aliphatic heterocycles. The molecule has 1 N–H and O–H groups in total. The molecule has 0 aromatic rings. The normalized spacial score (nSPS) is 29.4. The van der Waals surface area contributed by atoms with Gasteiger partial charge in [0.15, 0.2) is 0 Å². The predicted molar refractivity (Wildman–Crippen MR) is 76.7 cm³/mol. The minimum atomic E-state index is 0.787. The van der Waals surface area contributed by atoms with Gasteiger partial charge in [-0.25, -0.2) is 0 Å². The lowest BCUT2D eigenvalue weighted by Gasteiger charge is -2.32. The van der Waals surface area contributed by atoms with Gasteiger partial charge in [-0.05, 0) is 32.5 Å². The summed E-state index contributed by atoms with van der Waals surface area (Å²) in [6.45, 7) is 7.31. The molecule has 2 saturated heterocycles. The second-order valence-electron chi connectivity index (χ2n) is 4.68. The van der Waals surface area contributed by atoms with Crippen LogP contribution in [0.2, 0.25) is 0 Å². The quantitative estimate of drug-likeness (QED) is 0.830. The molecule has 16 heavy (non-hydrogen) atoms. The molecule has 2 nitrogen and oxygen atoms in total. The van der Waals surface area contributed by atoms with Gasteiger partial charge in [-0.1, -0.05) is 6.92 Å². The van der Waals surface area contributed by atoms with Gasteiger partial charge in [0.1, 0.15) is 0 Å². The van der Waals surface area contributed by atoms with E-state index in [0.717, 1.165) is 11.3 Å². The zero-order valence-electron chi connectivity index (χ0n) is 10.3. The molecule has 4 heteroatoms. The van der Waals surface area contributed by atoms with Gasteiger partial charge in [0.2, 0.25) is 0 Å². The second kappa shape index (κ2) is 7.14. The predicted octanol–water partition coefficient (Wildman–Crippen LogP) is 1.91. The van der Waals surface area contributed by atoms with Crippen LogP contribution in [-0.2, 0) is 0 Å². The minimum Gasteiger partial charge on any atom is -0.313 e. The van der Waals surface area contributed by atoms with E-state index in [1.165, 1.54) is 56.3 Å². The second-order valence-corrected chi connectivity index (χ2v) is 7.24. The highest BCUT2D eigenvalue weighted by molar-refractivity contribution is 8.06. The first-order valence-electron chi connectivity index (χ1n) is 6.53. The number of likely N-dealkylation sites (tertiary alicyclic amines) is 1. The molecule has 0 aliphatic carbocycles. The monoisotopic (exact) mass is 260 g/mol. The fourth-order valence-corrected chi connectivity index (χ4v) is 5.03. The molecule has 0 spiro atoms. The van der Waals surface area contributed by atoms with Crippen molar-refractivity contribution in [1.82, 2.24) is 10.2 Å². The first-order valence-corrected chi connectivity index (χ1v) is 8.74. The summed E-state index contributed by atoms with van der Waals surface area (Å²) in [6, 6.07) is 0.787. The van der Waals surface area contributed by atoms with Gasteiger partial charge < -0.3 is 10.2 Å². The van der Waals surface area contributed by atoms with E-state index < -0.39 is 0 Å². The zero-order valence-corrected chi connectivity index (χ0v) is 11.9. The molecular weight excluding hydrogens is 236 g/mol. The lowest BCUT2D eigenvalue weighted by atomic mass is 10.1. The van der Waals surface area contributed by atoms with Crippen LogP contribution in [0.3, 0.4) is 0 Å². The zero-order chi connectivity index (χ0) is 11.2. The average Bonchev–Trinajstić information content (AvgIpc) is 2.38. The molecule has 2 heterocycles. The molecule has 2 aliphatic rings. The molecule has 0 radical (unpaired) electrons. The number of hydrogen-bond donors (Lipinski definition) is 1. The molecular formula is C12H24N2S2. The summed E-state index contributed by atoms with van der Waals surface area (Å²) in [7, 11) is 0. The van der Waals surface area contributed by atoms with Gasteiger partial charge in [0.05, 0.1) is 0 Å². The number of piperidine rings is 1. The third kappa shape index (κ3) is 4.13. The highest BCUT2D eigenvalue weighted by atomic mass is 32.2. The lowest BCUT2D eigenvalue weighted by Crippen LogP contribution is -2.44. The van der Waals surface area contributed by atoms with E-state index in [1.54, 1.807) is 0 Å². The Balaban J connectivity index is 1.59. The number of nitrogens with zero attached hydrogens (tertiary/aromatic N) is 1. The molecule has 1 unspecified atom stereocenters. The molecule has 0 aromatic carbocycles. The van der Waals surface area contributed by atoms with Gasteiger partial charge in [-0.3, -0.25) is 0 Å². The molecule has 0 aromatic heterocycles. The molecule has 0 saturated carbocycles. The van der Waals surface area contributed by atoms with Crippen molar-refractivity contribution >= 4 is 23.5 Å². The Hall–Kier alpha value is 0.620. The average molecular weight is 260 g/mol. The van der Waals surface area contributed by atoms with Crippen LogP contribution >= 0.6 is 23.5 Å². The number of hydrogen-bond acceptors (Lipinski definition) is 4. The van der Waals surface area contributed by atoms with Crippen molar-refractivity contribution in [3.8, 4) is 0 Å². The smallest absolute Gasteiger partial charge is 0.0263 e. The maximum atomic E-state index is 3.78. The van der Waals surface area contributed by atoms with Crippen LogP contribution in [-0.4, -0.2) is 59.6 Å². The molecule has 94 valence electrons. The Morgan fingerprint density at radius 2 is 2.06 bits per heavy atom. The summed E-state index contributed by atoms with van der Waals surface area (Å²) in [5.41, 5.74) is 0. The summed E-state index contributed by atoms with van der Waals surface area (Å²) in [4.78, 5) is 2.56.